The summed E-state index contributed by atoms with van der Waals surface area (Å²) >= 11 is 0. The van der Waals surface area contributed by atoms with Crippen molar-refractivity contribution < 1.29 is 50.3 Å². The van der Waals surface area contributed by atoms with Crippen LogP contribution in [0.3, 0.4) is 0 Å². The number of hydrogen-bond acceptors (Lipinski definition) is 1. The fourth-order valence-corrected chi connectivity index (χ4v) is 0.526. The zero-order chi connectivity index (χ0) is 6.41. The molecule has 2 nitrogen and oxygen atoms in total. The van der Waals surface area contributed by atoms with E-state index in [0.717, 1.165) is 19.3 Å². The van der Waals surface area contributed by atoms with Crippen LogP contribution in [-0.2, 0) is 4.79 Å². The minimum atomic E-state index is -0.682. The van der Waals surface area contributed by atoms with E-state index >= 15 is 0 Å². The summed E-state index contributed by atoms with van der Waals surface area (Å²) in [7, 11) is 0. The largest absolute Gasteiger partial charge is 0.481 e. The first-order valence-corrected chi connectivity index (χ1v) is 2.99. The van der Waals surface area contributed by atoms with Gasteiger partial charge in [0.25, 0.3) is 0 Å². The third-order valence-corrected chi connectivity index (χ3v) is 0.994. The van der Waals surface area contributed by atoms with Crippen molar-refractivity contribution in [1.82, 2.24) is 0 Å². The Bertz CT molecular complexity index is 73.5. The van der Waals surface area contributed by atoms with Crippen molar-refractivity contribution in [3.05, 3.63) is 0 Å². The first kappa shape index (κ1) is 12.5. The maximum absolute atomic E-state index is 9.87. The van der Waals surface area contributed by atoms with Crippen LogP contribution in [0, 0.1) is 40.4 Å². The number of carbonyl (C=O) groups is 1. The molecule has 0 aliphatic rings. The third kappa shape index (κ3) is 12.1. The van der Waals surface area contributed by atoms with Gasteiger partial charge in [0.05, 0.1) is 0 Å². The number of carboxylic acid groups (broad SMARTS) is 1. The van der Waals surface area contributed by atoms with Crippen LogP contribution in [0.1, 0.15) is 32.6 Å². The number of rotatable bonds is 4. The summed E-state index contributed by atoms with van der Waals surface area (Å²) in [5.74, 6) is -0.682. The molecule has 0 aliphatic carbocycles. The van der Waals surface area contributed by atoms with E-state index in [1.54, 1.807) is 0 Å². The molecule has 0 saturated heterocycles. The average molecular weight is 267 g/mol. The van der Waals surface area contributed by atoms with E-state index < -0.39 is 5.97 Å². The van der Waals surface area contributed by atoms with Crippen LogP contribution in [0.4, 0.5) is 0 Å². The molecule has 0 radical (unpaired) electrons. The van der Waals surface area contributed by atoms with Crippen molar-refractivity contribution in [1.29, 1.82) is 0 Å². The molecule has 1 N–H and O–H groups in total. The number of unbranched alkanes of at least 4 members (excludes halogenated alkanes) is 2. The Labute approximate surface area is 88.1 Å². The first-order valence-electron chi connectivity index (χ1n) is 2.99. The summed E-state index contributed by atoms with van der Waals surface area (Å²) in [6, 6.07) is 0. The van der Waals surface area contributed by atoms with Gasteiger partial charge in [0.15, 0.2) is 0 Å². The second kappa shape index (κ2) is 8.81. The Hall–Kier alpha value is 0.808. The molecule has 0 bridgehead atoms. The van der Waals surface area contributed by atoms with Crippen LogP contribution in [0.5, 0.6) is 0 Å². The van der Waals surface area contributed by atoms with Crippen LogP contribution in [0.25, 0.3) is 0 Å². The van der Waals surface area contributed by atoms with Crippen LogP contribution in [0.15, 0.2) is 0 Å². The van der Waals surface area contributed by atoms with Crippen LogP contribution in [-0.4, -0.2) is 11.1 Å². The van der Waals surface area contributed by atoms with Gasteiger partial charge in [-0.1, -0.05) is 19.8 Å². The molecule has 9 heavy (non-hydrogen) atoms. The first-order chi connectivity index (χ1) is 3.77. The van der Waals surface area contributed by atoms with Crippen LogP contribution >= 0.6 is 0 Å². The Morgan fingerprint density at radius 1 is 1.44 bits per heavy atom. The Morgan fingerprint density at radius 3 is 2.33 bits per heavy atom. The maximum Gasteiger partial charge on any atom is 0.303 e. The van der Waals surface area contributed by atoms with Gasteiger partial charge in [0.1, 0.15) is 0 Å². The van der Waals surface area contributed by atoms with Gasteiger partial charge >= 0.3 is 5.97 Å². The van der Waals surface area contributed by atoms with Gasteiger partial charge < -0.3 is 5.11 Å². The van der Waals surface area contributed by atoms with Gasteiger partial charge in [-0.05, 0) is 6.42 Å². The maximum atomic E-state index is 9.87. The third-order valence-electron chi connectivity index (χ3n) is 0.994. The van der Waals surface area contributed by atoms with Crippen molar-refractivity contribution in [2.45, 2.75) is 32.6 Å². The molecular formula is C6H12O2Sm. The molecule has 0 unspecified atom stereocenters. The number of hydrogen-bond donors (Lipinski definition) is 1. The molecule has 0 aliphatic heterocycles. The van der Waals surface area contributed by atoms with Crippen molar-refractivity contribution >= 4 is 5.97 Å². The number of aliphatic carboxylic acids is 1. The average Bonchev–Trinajstić information content (AvgIpc) is 1.66. The van der Waals surface area contributed by atoms with Gasteiger partial charge in [-0.2, -0.15) is 0 Å². The van der Waals surface area contributed by atoms with E-state index in [9.17, 15) is 4.79 Å². The van der Waals surface area contributed by atoms with Gasteiger partial charge in [-0.25, -0.2) is 0 Å². The standard InChI is InChI=1S/C6H12O2.Sm/c1-2-3-4-5-6(7)8;/h2-5H2,1H3,(H,7,8);. The molecule has 0 heterocycles. The summed E-state index contributed by atoms with van der Waals surface area (Å²) in [6.07, 6.45) is 3.28. The zero-order valence-electron chi connectivity index (χ0n) is 5.59. The summed E-state index contributed by atoms with van der Waals surface area (Å²) in [4.78, 5) is 9.87. The molecule has 0 amide bonds. The van der Waals surface area contributed by atoms with Crippen LogP contribution < -0.4 is 0 Å². The minimum absolute atomic E-state index is 0. The second-order valence-corrected chi connectivity index (χ2v) is 1.85. The van der Waals surface area contributed by atoms with E-state index in [4.69, 9.17) is 5.11 Å². The molecule has 0 aromatic heterocycles. The van der Waals surface area contributed by atoms with E-state index in [-0.39, 0.29) is 40.4 Å². The molecular weight excluding hydrogens is 254 g/mol. The predicted octanol–water partition coefficient (Wildman–Crippen LogP) is 1.65. The summed E-state index contributed by atoms with van der Waals surface area (Å²) < 4.78 is 0. The normalized spacial score (nSPS) is 8.11. The van der Waals surface area contributed by atoms with E-state index in [0.29, 0.717) is 6.42 Å². The Morgan fingerprint density at radius 2 is 2.00 bits per heavy atom. The van der Waals surface area contributed by atoms with Crippen molar-refractivity contribution in [2.24, 2.45) is 0 Å². The molecule has 0 aromatic rings. The monoisotopic (exact) mass is 268 g/mol. The molecule has 0 fully saturated rings. The summed E-state index contributed by atoms with van der Waals surface area (Å²) in [6.45, 7) is 2.06. The molecule has 54 valence electrons. The Balaban J connectivity index is 0. The molecule has 0 atom stereocenters. The van der Waals surface area contributed by atoms with E-state index in [2.05, 4.69) is 6.92 Å². The van der Waals surface area contributed by atoms with Crippen molar-refractivity contribution in [3.8, 4) is 0 Å². The van der Waals surface area contributed by atoms with Gasteiger partial charge in [-0.15, -0.1) is 0 Å². The summed E-state index contributed by atoms with van der Waals surface area (Å²) in [5.41, 5.74) is 0. The number of carboxylic acids is 1. The molecule has 0 spiro atoms. The van der Waals surface area contributed by atoms with Crippen molar-refractivity contribution in [2.75, 3.05) is 0 Å². The van der Waals surface area contributed by atoms with Crippen LogP contribution in [0.2, 0.25) is 0 Å². The molecule has 0 rings (SSSR count). The molecule has 0 saturated carbocycles. The minimum Gasteiger partial charge on any atom is -0.481 e. The zero-order valence-corrected chi connectivity index (χ0v) is 8.21. The van der Waals surface area contributed by atoms with Gasteiger partial charge in [-0.3, -0.25) is 4.79 Å². The topological polar surface area (TPSA) is 37.3 Å². The molecule has 0 aromatic carbocycles. The van der Waals surface area contributed by atoms with E-state index in [1.165, 1.54) is 0 Å². The smallest absolute Gasteiger partial charge is 0.303 e. The SMILES string of the molecule is CCCCCC(=O)O.[Sm]. The van der Waals surface area contributed by atoms with Gasteiger partial charge in [0, 0.05) is 46.8 Å². The predicted molar refractivity (Wildman–Crippen MR) is 31.8 cm³/mol. The van der Waals surface area contributed by atoms with Crippen molar-refractivity contribution in [3.63, 3.8) is 0 Å². The summed E-state index contributed by atoms with van der Waals surface area (Å²) in [5, 5.41) is 8.14. The fourth-order valence-electron chi connectivity index (χ4n) is 0.526. The Kier molecular flexibility index (Phi) is 12.2. The van der Waals surface area contributed by atoms with Gasteiger partial charge in [0.2, 0.25) is 0 Å². The fraction of sp³-hybridized carbons (Fsp3) is 0.833. The quantitative estimate of drug-likeness (QED) is 0.786. The van der Waals surface area contributed by atoms with E-state index in [1.807, 2.05) is 0 Å². The molecule has 3 heteroatoms. The second-order valence-electron chi connectivity index (χ2n) is 1.85.